The molecule has 0 unspecified atom stereocenters. The molecule has 0 spiro atoms. The molecular weight excluding hydrogens is 510 g/mol. The topological polar surface area (TPSA) is 75.6 Å². The van der Waals surface area contributed by atoms with Crippen LogP contribution in [0.25, 0.3) is 0 Å². The van der Waals surface area contributed by atoms with E-state index in [1.807, 2.05) is 0 Å². The molecule has 4 atom stereocenters. The molecule has 0 saturated heterocycles. The van der Waals surface area contributed by atoms with Crippen LogP contribution in [0, 0.1) is 17.7 Å². The van der Waals surface area contributed by atoms with Gasteiger partial charge in [-0.05, 0) is 55.7 Å². The van der Waals surface area contributed by atoms with Crippen molar-refractivity contribution in [3.63, 3.8) is 0 Å². The van der Waals surface area contributed by atoms with Crippen LogP contribution in [-0.4, -0.2) is 29.7 Å². The summed E-state index contributed by atoms with van der Waals surface area (Å²) in [5, 5.41) is 12.3. The van der Waals surface area contributed by atoms with E-state index in [1.54, 1.807) is 31.2 Å². The first-order valence-corrected chi connectivity index (χ1v) is 11.1. The number of rotatable bonds is 6. The molecule has 2 N–H and O–H groups in total. The predicted molar refractivity (Wildman–Crippen MR) is 116 cm³/mol. The zero-order valence-electron chi connectivity index (χ0n) is 17.5. The van der Waals surface area contributed by atoms with Crippen LogP contribution in [0.15, 0.2) is 46.9 Å². The minimum Gasteiger partial charge on any atom is -0.481 e. The minimum absolute atomic E-state index is 0.0892. The first-order valence-electron chi connectivity index (χ1n) is 10.3. The number of carboxylic acid groups (broad SMARTS) is 1. The highest BCUT2D eigenvalue weighted by atomic mass is 79.9. The molecular formula is C23H22BrF4NO4. The van der Waals surface area contributed by atoms with Crippen LogP contribution in [0.1, 0.15) is 36.8 Å². The highest BCUT2D eigenvalue weighted by Gasteiger charge is 2.46. The van der Waals surface area contributed by atoms with Gasteiger partial charge in [0.1, 0.15) is 5.82 Å². The second-order valence-corrected chi connectivity index (χ2v) is 8.77. The Kier molecular flexibility index (Phi) is 7.79. The Hall–Kier alpha value is -2.46. The highest BCUT2D eigenvalue weighted by Crippen LogP contribution is 2.43. The maximum absolute atomic E-state index is 14.3. The summed E-state index contributed by atoms with van der Waals surface area (Å²) in [6.07, 6.45) is -4.67. The molecule has 5 nitrogen and oxygen atoms in total. The number of hydrogen-bond acceptors (Lipinski definition) is 3. The normalized spacial score (nSPS) is 23.2. The summed E-state index contributed by atoms with van der Waals surface area (Å²) in [6, 6.07) is 8.84. The third-order valence-electron chi connectivity index (χ3n) is 5.78. The monoisotopic (exact) mass is 531 g/mol. The number of halogens is 5. The van der Waals surface area contributed by atoms with E-state index in [0.717, 1.165) is 10.5 Å². The first-order chi connectivity index (χ1) is 15.5. The van der Waals surface area contributed by atoms with Gasteiger partial charge in [0.25, 0.3) is 0 Å². The third kappa shape index (κ3) is 5.92. The Balaban J connectivity index is 1.91. The Morgan fingerprint density at radius 1 is 1.15 bits per heavy atom. The summed E-state index contributed by atoms with van der Waals surface area (Å²) in [7, 11) is 0. The SMILES string of the molecule is CCO[C@@H]1C[C@H](c2ccc(Br)cc2)[C@@H](C(=O)O)[C@H](C(=O)Nc2ccc(C(F)(F)F)cc2F)C1. The van der Waals surface area contributed by atoms with Crippen molar-refractivity contribution in [2.75, 3.05) is 11.9 Å². The van der Waals surface area contributed by atoms with Gasteiger partial charge in [-0.2, -0.15) is 13.2 Å². The van der Waals surface area contributed by atoms with E-state index in [2.05, 4.69) is 21.2 Å². The molecule has 0 heterocycles. The van der Waals surface area contributed by atoms with Crippen molar-refractivity contribution in [3.8, 4) is 0 Å². The van der Waals surface area contributed by atoms with Gasteiger partial charge in [-0.25, -0.2) is 4.39 Å². The molecule has 33 heavy (non-hydrogen) atoms. The lowest BCUT2D eigenvalue weighted by molar-refractivity contribution is -0.151. The molecule has 0 aliphatic heterocycles. The molecule has 10 heteroatoms. The second kappa shape index (κ2) is 10.2. The summed E-state index contributed by atoms with van der Waals surface area (Å²) in [4.78, 5) is 25.3. The number of hydrogen-bond donors (Lipinski definition) is 2. The van der Waals surface area contributed by atoms with Crippen molar-refractivity contribution in [3.05, 3.63) is 63.9 Å². The van der Waals surface area contributed by atoms with Gasteiger partial charge >= 0.3 is 12.1 Å². The molecule has 1 aliphatic carbocycles. The summed E-state index contributed by atoms with van der Waals surface area (Å²) in [5.74, 6) is -5.98. The molecule has 2 aromatic carbocycles. The standard InChI is InChI=1S/C23H22BrF4NO4/c1-2-33-15-10-16(12-3-6-14(24)7-4-12)20(22(31)32)17(11-15)21(30)29-19-8-5-13(9-18(19)25)23(26,27)28/h3-9,15-17,20H,2,10-11H2,1H3,(H,29,30)(H,31,32)/t15-,16-,17-,20-/m1/s1. The smallest absolute Gasteiger partial charge is 0.416 e. The number of anilines is 1. The van der Waals surface area contributed by atoms with Gasteiger partial charge < -0.3 is 15.2 Å². The van der Waals surface area contributed by atoms with Gasteiger partial charge in [0, 0.05) is 17.0 Å². The fraction of sp³-hybridized carbons (Fsp3) is 0.391. The Bertz CT molecular complexity index is 1010. The number of carboxylic acids is 1. The van der Waals surface area contributed by atoms with Gasteiger partial charge in [0.15, 0.2) is 0 Å². The fourth-order valence-corrected chi connectivity index (χ4v) is 4.56. The maximum atomic E-state index is 14.3. The number of benzene rings is 2. The van der Waals surface area contributed by atoms with E-state index in [4.69, 9.17) is 4.74 Å². The van der Waals surface area contributed by atoms with Crippen LogP contribution in [0.5, 0.6) is 0 Å². The molecule has 1 amide bonds. The molecule has 3 rings (SSSR count). The Morgan fingerprint density at radius 3 is 2.36 bits per heavy atom. The van der Waals surface area contributed by atoms with E-state index < -0.39 is 59.0 Å². The number of carbonyl (C=O) groups is 2. The van der Waals surface area contributed by atoms with E-state index in [1.165, 1.54) is 0 Å². The maximum Gasteiger partial charge on any atom is 0.416 e. The third-order valence-corrected chi connectivity index (χ3v) is 6.31. The van der Waals surface area contributed by atoms with Crippen LogP contribution in [0.4, 0.5) is 23.2 Å². The number of amides is 1. The van der Waals surface area contributed by atoms with Gasteiger partial charge in [0.2, 0.25) is 5.91 Å². The van der Waals surface area contributed by atoms with E-state index in [9.17, 15) is 32.3 Å². The summed E-state index contributed by atoms with van der Waals surface area (Å²) in [6.45, 7) is 2.14. The molecule has 0 bridgehead atoms. The van der Waals surface area contributed by atoms with Crippen LogP contribution >= 0.6 is 15.9 Å². The predicted octanol–water partition coefficient (Wildman–Crippen LogP) is 5.85. The molecule has 0 radical (unpaired) electrons. The average Bonchev–Trinajstić information content (AvgIpc) is 2.74. The number of carbonyl (C=O) groups excluding carboxylic acids is 1. The van der Waals surface area contributed by atoms with Gasteiger partial charge in [0.05, 0.1) is 29.2 Å². The van der Waals surface area contributed by atoms with Crippen molar-refractivity contribution < 1.29 is 37.0 Å². The van der Waals surface area contributed by atoms with Gasteiger partial charge in [-0.1, -0.05) is 28.1 Å². The lowest BCUT2D eigenvalue weighted by atomic mass is 9.68. The number of aliphatic carboxylic acids is 1. The second-order valence-electron chi connectivity index (χ2n) is 7.86. The van der Waals surface area contributed by atoms with E-state index in [-0.39, 0.29) is 6.42 Å². The van der Waals surface area contributed by atoms with Gasteiger partial charge in [-0.3, -0.25) is 9.59 Å². The molecule has 178 valence electrons. The minimum atomic E-state index is -4.73. The first kappa shape index (κ1) is 25.2. The van der Waals surface area contributed by atoms with Crippen LogP contribution in [0.3, 0.4) is 0 Å². The highest BCUT2D eigenvalue weighted by molar-refractivity contribution is 9.10. The lowest BCUT2D eigenvalue weighted by Crippen LogP contribution is -2.44. The zero-order valence-corrected chi connectivity index (χ0v) is 19.1. The average molecular weight is 532 g/mol. The molecule has 1 aliphatic rings. The summed E-state index contributed by atoms with van der Waals surface area (Å²) >= 11 is 3.34. The van der Waals surface area contributed by atoms with E-state index in [0.29, 0.717) is 30.7 Å². The lowest BCUT2D eigenvalue weighted by Gasteiger charge is -2.39. The molecule has 1 fully saturated rings. The van der Waals surface area contributed by atoms with Gasteiger partial charge in [-0.15, -0.1) is 0 Å². The number of nitrogens with one attached hydrogen (secondary N) is 1. The fourth-order valence-electron chi connectivity index (χ4n) is 4.29. The summed E-state index contributed by atoms with van der Waals surface area (Å²) in [5.41, 5.74) is -0.921. The van der Waals surface area contributed by atoms with Crippen molar-refractivity contribution in [1.82, 2.24) is 0 Å². The van der Waals surface area contributed by atoms with Crippen LogP contribution < -0.4 is 5.32 Å². The van der Waals surface area contributed by atoms with Crippen molar-refractivity contribution in [2.24, 2.45) is 11.8 Å². The van der Waals surface area contributed by atoms with Crippen LogP contribution in [-0.2, 0) is 20.5 Å². The molecule has 0 aromatic heterocycles. The van der Waals surface area contributed by atoms with Crippen molar-refractivity contribution in [1.29, 1.82) is 0 Å². The number of ether oxygens (including phenoxy) is 1. The zero-order chi connectivity index (χ0) is 24.3. The Labute approximate surface area is 196 Å². The largest absolute Gasteiger partial charge is 0.481 e. The van der Waals surface area contributed by atoms with Crippen molar-refractivity contribution in [2.45, 2.75) is 38.0 Å². The van der Waals surface area contributed by atoms with Crippen molar-refractivity contribution >= 4 is 33.5 Å². The summed E-state index contributed by atoms with van der Waals surface area (Å²) < 4.78 is 59.2. The Morgan fingerprint density at radius 2 is 1.82 bits per heavy atom. The number of alkyl halides is 3. The van der Waals surface area contributed by atoms with Crippen LogP contribution in [0.2, 0.25) is 0 Å². The quantitative estimate of drug-likeness (QED) is 0.459. The van der Waals surface area contributed by atoms with E-state index >= 15 is 0 Å². The molecule has 1 saturated carbocycles. The molecule has 2 aromatic rings.